The Morgan fingerprint density at radius 1 is 1.22 bits per heavy atom. The third-order valence-corrected chi connectivity index (χ3v) is 3.30. The molecule has 0 bridgehead atoms. The van der Waals surface area contributed by atoms with E-state index < -0.39 is 11.7 Å². The lowest BCUT2D eigenvalue weighted by Crippen LogP contribution is -2.37. The van der Waals surface area contributed by atoms with Crippen molar-refractivity contribution in [2.75, 3.05) is 6.54 Å². The summed E-state index contributed by atoms with van der Waals surface area (Å²) in [5, 5.41) is 13.1. The summed E-state index contributed by atoms with van der Waals surface area (Å²) < 4.78 is 14.5. The molecule has 1 heterocycles. The second-order valence-electron chi connectivity index (χ2n) is 4.90. The fraction of sp³-hybridized carbons (Fsp3) is 0.333. The average molecular weight is 319 g/mol. The normalized spacial score (nSPS) is 10.4. The van der Waals surface area contributed by atoms with E-state index in [2.05, 4.69) is 20.9 Å². The Bertz CT molecular complexity index is 696. The van der Waals surface area contributed by atoms with Gasteiger partial charge in [0.2, 0.25) is 5.91 Å². The highest BCUT2D eigenvalue weighted by molar-refractivity contribution is 5.96. The number of halogens is 1. The van der Waals surface area contributed by atoms with Crippen molar-refractivity contribution >= 4 is 11.8 Å². The van der Waals surface area contributed by atoms with E-state index in [9.17, 15) is 14.0 Å². The number of nitrogens with zero attached hydrogens (tertiary/aromatic N) is 3. The first-order valence-corrected chi connectivity index (χ1v) is 7.20. The Morgan fingerprint density at radius 3 is 2.57 bits per heavy atom. The van der Waals surface area contributed by atoms with Crippen LogP contribution in [0, 0.1) is 12.7 Å². The molecule has 0 aliphatic heterocycles. The standard InChI is InChI=1S/C15H18FN5O2/c1-3-21-13(10(2)19-20-21)8-17-14(22)9-18-15(23)11-4-6-12(16)7-5-11/h4-7H,3,8-9H2,1-2H3,(H,17,22)(H,18,23). The van der Waals surface area contributed by atoms with Gasteiger partial charge in [-0.25, -0.2) is 9.07 Å². The number of benzene rings is 1. The molecule has 1 aromatic heterocycles. The fourth-order valence-electron chi connectivity index (χ4n) is 2.00. The summed E-state index contributed by atoms with van der Waals surface area (Å²) in [5.41, 5.74) is 1.87. The van der Waals surface area contributed by atoms with Crippen molar-refractivity contribution in [3.8, 4) is 0 Å². The number of carbonyl (C=O) groups excluding carboxylic acids is 2. The first kappa shape index (κ1) is 16.6. The van der Waals surface area contributed by atoms with Gasteiger partial charge in [0.1, 0.15) is 5.82 Å². The van der Waals surface area contributed by atoms with Crippen LogP contribution in [-0.2, 0) is 17.9 Å². The highest BCUT2D eigenvalue weighted by atomic mass is 19.1. The smallest absolute Gasteiger partial charge is 0.251 e. The van der Waals surface area contributed by atoms with Crippen LogP contribution in [0.4, 0.5) is 4.39 Å². The zero-order valence-electron chi connectivity index (χ0n) is 13.0. The topological polar surface area (TPSA) is 88.9 Å². The molecule has 0 aliphatic rings. The Labute approximate surface area is 132 Å². The number of aromatic nitrogens is 3. The molecule has 0 unspecified atom stereocenters. The van der Waals surface area contributed by atoms with Gasteiger partial charge in [-0.15, -0.1) is 5.10 Å². The van der Waals surface area contributed by atoms with Crippen molar-refractivity contribution in [1.29, 1.82) is 0 Å². The van der Waals surface area contributed by atoms with Gasteiger partial charge in [-0.3, -0.25) is 9.59 Å². The van der Waals surface area contributed by atoms with Crippen LogP contribution in [0.1, 0.15) is 28.7 Å². The monoisotopic (exact) mass is 319 g/mol. The number of hydrogen-bond donors (Lipinski definition) is 2. The van der Waals surface area contributed by atoms with Crippen molar-refractivity contribution < 1.29 is 14.0 Å². The molecule has 2 rings (SSSR count). The third kappa shape index (κ3) is 4.35. The van der Waals surface area contributed by atoms with E-state index in [-0.39, 0.29) is 19.0 Å². The van der Waals surface area contributed by atoms with Crippen LogP contribution in [-0.4, -0.2) is 33.4 Å². The minimum Gasteiger partial charge on any atom is -0.349 e. The summed E-state index contributed by atoms with van der Waals surface area (Å²) in [6, 6.07) is 5.10. The van der Waals surface area contributed by atoms with Crippen molar-refractivity contribution in [2.24, 2.45) is 0 Å². The van der Waals surface area contributed by atoms with Crippen LogP contribution < -0.4 is 10.6 Å². The molecule has 0 radical (unpaired) electrons. The van der Waals surface area contributed by atoms with Crippen LogP contribution >= 0.6 is 0 Å². The molecule has 0 atom stereocenters. The zero-order valence-corrected chi connectivity index (χ0v) is 13.0. The summed E-state index contributed by atoms with van der Waals surface area (Å²) in [6.07, 6.45) is 0. The molecule has 23 heavy (non-hydrogen) atoms. The number of carbonyl (C=O) groups is 2. The zero-order chi connectivity index (χ0) is 16.8. The molecule has 2 N–H and O–H groups in total. The van der Waals surface area contributed by atoms with Gasteiger partial charge in [-0.1, -0.05) is 5.21 Å². The second kappa shape index (κ2) is 7.48. The average Bonchev–Trinajstić information content (AvgIpc) is 2.91. The predicted octanol–water partition coefficient (Wildman–Crippen LogP) is 0.792. The molecule has 2 aromatic rings. The molecule has 0 fully saturated rings. The number of rotatable bonds is 6. The molecule has 8 heteroatoms. The van der Waals surface area contributed by atoms with Crippen molar-refractivity contribution in [3.63, 3.8) is 0 Å². The van der Waals surface area contributed by atoms with Crippen molar-refractivity contribution in [1.82, 2.24) is 25.6 Å². The quantitative estimate of drug-likeness (QED) is 0.824. The molecule has 0 saturated carbocycles. The first-order valence-electron chi connectivity index (χ1n) is 7.20. The highest BCUT2D eigenvalue weighted by Crippen LogP contribution is 2.03. The Hall–Kier alpha value is -2.77. The van der Waals surface area contributed by atoms with Gasteiger partial charge in [0.05, 0.1) is 24.5 Å². The van der Waals surface area contributed by atoms with Crippen LogP contribution in [0.2, 0.25) is 0 Å². The Kier molecular flexibility index (Phi) is 5.40. The molecule has 7 nitrogen and oxygen atoms in total. The molecule has 0 saturated heterocycles. The SMILES string of the molecule is CCn1nnc(C)c1CNC(=O)CNC(=O)c1ccc(F)cc1. The Balaban J connectivity index is 1.82. The van der Waals surface area contributed by atoms with E-state index in [0.717, 1.165) is 11.4 Å². The maximum absolute atomic E-state index is 12.8. The van der Waals surface area contributed by atoms with Crippen LogP contribution in [0.15, 0.2) is 24.3 Å². The van der Waals surface area contributed by atoms with Gasteiger partial charge in [0, 0.05) is 12.1 Å². The summed E-state index contributed by atoms with van der Waals surface area (Å²) in [7, 11) is 0. The summed E-state index contributed by atoms with van der Waals surface area (Å²) in [6.45, 7) is 4.54. The van der Waals surface area contributed by atoms with E-state index in [0.29, 0.717) is 12.1 Å². The number of hydrogen-bond acceptors (Lipinski definition) is 4. The lowest BCUT2D eigenvalue weighted by Gasteiger charge is -2.08. The second-order valence-corrected chi connectivity index (χ2v) is 4.90. The predicted molar refractivity (Wildman–Crippen MR) is 81.0 cm³/mol. The molecule has 0 aliphatic carbocycles. The number of aryl methyl sites for hydroxylation is 2. The summed E-state index contributed by atoms with van der Waals surface area (Å²) in [5.74, 6) is -1.18. The fourth-order valence-corrected chi connectivity index (χ4v) is 2.00. The van der Waals surface area contributed by atoms with E-state index >= 15 is 0 Å². The summed E-state index contributed by atoms with van der Waals surface area (Å²) in [4.78, 5) is 23.6. The van der Waals surface area contributed by atoms with E-state index in [1.54, 1.807) is 4.68 Å². The summed E-state index contributed by atoms with van der Waals surface area (Å²) >= 11 is 0. The first-order chi connectivity index (χ1) is 11.0. The van der Waals surface area contributed by atoms with Gasteiger partial charge < -0.3 is 10.6 Å². The Morgan fingerprint density at radius 2 is 1.91 bits per heavy atom. The van der Waals surface area contributed by atoms with Gasteiger partial charge in [-0.2, -0.15) is 0 Å². The van der Waals surface area contributed by atoms with Gasteiger partial charge >= 0.3 is 0 Å². The maximum atomic E-state index is 12.8. The van der Waals surface area contributed by atoms with Gasteiger partial charge in [0.25, 0.3) is 5.91 Å². The molecule has 122 valence electrons. The minimum atomic E-state index is -0.434. The molecule has 1 aromatic carbocycles. The number of amides is 2. The largest absolute Gasteiger partial charge is 0.349 e. The van der Waals surface area contributed by atoms with E-state index in [1.807, 2.05) is 13.8 Å². The maximum Gasteiger partial charge on any atom is 0.251 e. The van der Waals surface area contributed by atoms with Gasteiger partial charge in [0.15, 0.2) is 0 Å². The van der Waals surface area contributed by atoms with Crippen LogP contribution in [0.25, 0.3) is 0 Å². The number of nitrogens with one attached hydrogen (secondary N) is 2. The lowest BCUT2D eigenvalue weighted by atomic mass is 10.2. The molecular weight excluding hydrogens is 301 g/mol. The van der Waals surface area contributed by atoms with Crippen LogP contribution in [0.3, 0.4) is 0 Å². The minimum absolute atomic E-state index is 0.164. The highest BCUT2D eigenvalue weighted by Gasteiger charge is 2.11. The molecule has 2 amide bonds. The van der Waals surface area contributed by atoms with Crippen LogP contribution in [0.5, 0.6) is 0 Å². The van der Waals surface area contributed by atoms with Gasteiger partial charge in [-0.05, 0) is 38.1 Å². The molecule has 0 spiro atoms. The lowest BCUT2D eigenvalue weighted by molar-refractivity contribution is -0.120. The van der Waals surface area contributed by atoms with Crippen molar-refractivity contribution in [2.45, 2.75) is 26.9 Å². The van der Waals surface area contributed by atoms with E-state index in [4.69, 9.17) is 0 Å². The van der Waals surface area contributed by atoms with Crippen molar-refractivity contribution in [3.05, 3.63) is 47.0 Å². The molecular formula is C15H18FN5O2. The third-order valence-electron chi connectivity index (χ3n) is 3.30. The van der Waals surface area contributed by atoms with E-state index in [1.165, 1.54) is 24.3 Å².